The molecular formula is C14H19FN2O2. The molecule has 0 spiro atoms. The van der Waals surface area contributed by atoms with Crippen molar-refractivity contribution in [2.75, 3.05) is 18.0 Å². The molecule has 0 bridgehead atoms. The Morgan fingerprint density at radius 3 is 2.63 bits per heavy atom. The zero-order chi connectivity index (χ0) is 14.0. The number of hydrogen-bond acceptors (Lipinski definition) is 3. The van der Waals surface area contributed by atoms with Gasteiger partial charge in [-0.05, 0) is 31.9 Å². The maximum atomic E-state index is 13.8. The van der Waals surface area contributed by atoms with Gasteiger partial charge in [-0.2, -0.15) is 0 Å². The van der Waals surface area contributed by atoms with Crippen LogP contribution in [-0.2, 0) is 4.79 Å². The first-order valence-corrected chi connectivity index (χ1v) is 6.51. The molecule has 5 heteroatoms. The molecule has 1 amide bonds. The van der Waals surface area contributed by atoms with E-state index in [9.17, 15) is 14.3 Å². The van der Waals surface area contributed by atoms with Crippen LogP contribution in [0, 0.1) is 11.7 Å². The summed E-state index contributed by atoms with van der Waals surface area (Å²) in [5.74, 6) is -0.765. The lowest BCUT2D eigenvalue weighted by Gasteiger charge is -2.34. The lowest BCUT2D eigenvalue weighted by Crippen LogP contribution is -2.39. The second-order valence-corrected chi connectivity index (χ2v) is 5.01. The SMILES string of the molecule is C[C@@H](O)c1c(F)cccc1N1CCC(C(N)=O)CC1. The monoisotopic (exact) mass is 266 g/mol. The summed E-state index contributed by atoms with van der Waals surface area (Å²) >= 11 is 0. The van der Waals surface area contributed by atoms with Gasteiger partial charge in [0.05, 0.1) is 6.10 Å². The van der Waals surface area contributed by atoms with Gasteiger partial charge in [0, 0.05) is 30.3 Å². The molecule has 1 heterocycles. The van der Waals surface area contributed by atoms with Crippen molar-refractivity contribution in [3.05, 3.63) is 29.6 Å². The first-order chi connectivity index (χ1) is 9.00. The first kappa shape index (κ1) is 13.8. The van der Waals surface area contributed by atoms with Crippen LogP contribution in [0.2, 0.25) is 0 Å². The first-order valence-electron chi connectivity index (χ1n) is 6.51. The van der Waals surface area contributed by atoms with Crippen LogP contribution < -0.4 is 10.6 Å². The van der Waals surface area contributed by atoms with E-state index in [1.54, 1.807) is 19.1 Å². The molecule has 3 N–H and O–H groups in total. The summed E-state index contributed by atoms with van der Waals surface area (Å²) in [6.45, 7) is 2.85. The topological polar surface area (TPSA) is 66.6 Å². The van der Waals surface area contributed by atoms with E-state index >= 15 is 0 Å². The summed E-state index contributed by atoms with van der Waals surface area (Å²) < 4.78 is 13.8. The molecule has 1 atom stereocenters. The van der Waals surface area contributed by atoms with Crippen molar-refractivity contribution in [3.8, 4) is 0 Å². The molecule has 1 aromatic rings. The second kappa shape index (κ2) is 5.57. The third-order valence-electron chi connectivity index (χ3n) is 3.69. The number of nitrogens with zero attached hydrogens (tertiary/aromatic N) is 1. The Morgan fingerprint density at radius 1 is 1.47 bits per heavy atom. The number of nitrogens with two attached hydrogens (primary N) is 1. The molecule has 1 aliphatic rings. The molecule has 1 fully saturated rings. The van der Waals surface area contributed by atoms with Crippen molar-refractivity contribution in [2.45, 2.75) is 25.9 Å². The quantitative estimate of drug-likeness (QED) is 0.873. The molecule has 0 saturated carbocycles. The number of benzene rings is 1. The molecule has 104 valence electrons. The average molecular weight is 266 g/mol. The minimum atomic E-state index is -0.856. The zero-order valence-electron chi connectivity index (χ0n) is 11.0. The highest BCUT2D eigenvalue weighted by atomic mass is 19.1. The maximum absolute atomic E-state index is 13.8. The minimum Gasteiger partial charge on any atom is -0.389 e. The summed E-state index contributed by atoms with van der Waals surface area (Å²) in [4.78, 5) is 13.1. The van der Waals surface area contributed by atoms with E-state index in [-0.39, 0.29) is 11.8 Å². The molecule has 0 aromatic heterocycles. The van der Waals surface area contributed by atoms with Crippen LogP contribution in [0.1, 0.15) is 31.4 Å². The number of aliphatic hydroxyl groups is 1. The number of piperidine rings is 1. The summed E-state index contributed by atoms with van der Waals surface area (Å²) in [7, 11) is 0. The number of aliphatic hydroxyl groups excluding tert-OH is 1. The van der Waals surface area contributed by atoms with E-state index in [4.69, 9.17) is 5.73 Å². The number of rotatable bonds is 3. The number of primary amides is 1. The van der Waals surface area contributed by atoms with E-state index < -0.39 is 11.9 Å². The van der Waals surface area contributed by atoms with E-state index in [1.807, 2.05) is 4.90 Å². The largest absolute Gasteiger partial charge is 0.389 e. The van der Waals surface area contributed by atoms with Crippen molar-refractivity contribution < 1.29 is 14.3 Å². The molecule has 2 rings (SSSR count). The molecule has 1 saturated heterocycles. The summed E-state index contributed by atoms with van der Waals surface area (Å²) in [6, 6.07) is 4.79. The van der Waals surface area contributed by atoms with Gasteiger partial charge in [0.25, 0.3) is 0 Å². The number of carbonyl (C=O) groups excluding carboxylic acids is 1. The highest BCUT2D eigenvalue weighted by molar-refractivity contribution is 5.77. The van der Waals surface area contributed by atoms with Crippen LogP contribution in [0.3, 0.4) is 0 Å². The Kier molecular flexibility index (Phi) is 4.04. The maximum Gasteiger partial charge on any atom is 0.220 e. The summed E-state index contributed by atoms with van der Waals surface area (Å²) in [6.07, 6.45) is 0.487. The summed E-state index contributed by atoms with van der Waals surface area (Å²) in [5, 5.41) is 9.72. The van der Waals surface area contributed by atoms with Crippen molar-refractivity contribution in [1.82, 2.24) is 0 Å². The standard InChI is InChI=1S/C14H19FN2O2/c1-9(18)13-11(15)3-2-4-12(13)17-7-5-10(6-8-17)14(16)19/h2-4,9-10,18H,5-8H2,1H3,(H2,16,19)/t9-/m1/s1. The highest BCUT2D eigenvalue weighted by Gasteiger charge is 2.26. The van der Waals surface area contributed by atoms with Crippen molar-refractivity contribution in [1.29, 1.82) is 0 Å². The van der Waals surface area contributed by atoms with Gasteiger partial charge in [-0.25, -0.2) is 4.39 Å². The lowest BCUT2D eigenvalue weighted by molar-refractivity contribution is -0.122. The third kappa shape index (κ3) is 2.87. The van der Waals surface area contributed by atoms with Gasteiger partial charge in [0.15, 0.2) is 0 Å². The van der Waals surface area contributed by atoms with Crippen LogP contribution in [0.5, 0.6) is 0 Å². The van der Waals surface area contributed by atoms with Crippen LogP contribution in [0.4, 0.5) is 10.1 Å². The molecule has 0 aliphatic carbocycles. The number of hydrogen-bond donors (Lipinski definition) is 2. The number of carbonyl (C=O) groups is 1. The van der Waals surface area contributed by atoms with Gasteiger partial charge in [-0.1, -0.05) is 6.07 Å². The van der Waals surface area contributed by atoms with Crippen LogP contribution >= 0.6 is 0 Å². The molecular weight excluding hydrogens is 247 g/mol. The molecule has 0 radical (unpaired) electrons. The highest BCUT2D eigenvalue weighted by Crippen LogP contribution is 2.31. The van der Waals surface area contributed by atoms with Gasteiger partial charge >= 0.3 is 0 Å². The van der Waals surface area contributed by atoms with Crippen LogP contribution in [0.25, 0.3) is 0 Å². The predicted molar refractivity (Wildman–Crippen MR) is 71.2 cm³/mol. The summed E-state index contributed by atoms with van der Waals surface area (Å²) in [5.41, 5.74) is 6.32. The zero-order valence-corrected chi connectivity index (χ0v) is 11.0. The number of halogens is 1. The van der Waals surface area contributed by atoms with Crippen molar-refractivity contribution >= 4 is 11.6 Å². The van der Waals surface area contributed by atoms with E-state index in [2.05, 4.69) is 0 Å². The number of anilines is 1. The molecule has 0 unspecified atom stereocenters. The fraction of sp³-hybridized carbons (Fsp3) is 0.500. The fourth-order valence-electron chi connectivity index (χ4n) is 2.62. The van der Waals surface area contributed by atoms with Gasteiger partial charge in [-0.15, -0.1) is 0 Å². The predicted octanol–water partition coefficient (Wildman–Crippen LogP) is 1.58. The lowest BCUT2D eigenvalue weighted by atomic mass is 9.95. The Bertz CT molecular complexity index is 469. The Hall–Kier alpha value is -1.62. The van der Waals surface area contributed by atoms with E-state index in [1.165, 1.54) is 6.07 Å². The molecule has 19 heavy (non-hydrogen) atoms. The van der Waals surface area contributed by atoms with Crippen LogP contribution in [0.15, 0.2) is 18.2 Å². The minimum absolute atomic E-state index is 0.0974. The van der Waals surface area contributed by atoms with Gasteiger partial charge in [0.1, 0.15) is 5.82 Å². The fourth-order valence-corrected chi connectivity index (χ4v) is 2.62. The molecule has 1 aliphatic heterocycles. The normalized spacial score (nSPS) is 18.4. The van der Waals surface area contributed by atoms with Crippen molar-refractivity contribution in [3.63, 3.8) is 0 Å². The average Bonchev–Trinajstić information content (AvgIpc) is 2.38. The van der Waals surface area contributed by atoms with Crippen LogP contribution in [-0.4, -0.2) is 24.1 Å². The van der Waals surface area contributed by atoms with Gasteiger partial charge in [0.2, 0.25) is 5.91 Å². The molecule has 1 aromatic carbocycles. The smallest absolute Gasteiger partial charge is 0.220 e. The second-order valence-electron chi connectivity index (χ2n) is 5.01. The Balaban J connectivity index is 2.20. The number of amides is 1. The van der Waals surface area contributed by atoms with E-state index in [0.29, 0.717) is 37.2 Å². The van der Waals surface area contributed by atoms with Gasteiger partial charge in [-0.3, -0.25) is 4.79 Å². The molecule has 4 nitrogen and oxygen atoms in total. The Morgan fingerprint density at radius 2 is 2.11 bits per heavy atom. The van der Waals surface area contributed by atoms with Gasteiger partial charge < -0.3 is 15.7 Å². The van der Waals surface area contributed by atoms with E-state index in [0.717, 1.165) is 0 Å². The Labute approximate surface area is 112 Å². The van der Waals surface area contributed by atoms with Crippen molar-refractivity contribution in [2.24, 2.45) is 11.7 Å². The third-order valence-corrected chi connectivity index (χ3v) is 3.69.